The summed E-state index contributed by atoms with van der Waals surface area (Å²) >= 11 is 0. The third-order valence-electron chi connectivity index (χ3n) is 20.4. The van der Waals surface area contributed by atoms with Crippen molar-refractivity contribution < 1.29 is 17.7 Å². The molecule has 0 aliphatic heterocycles. The molecule has 102 heavy (non-hydrogen) atoms. The molecule has 0 aliphatic rings. The van der Waals surface area contributed by atoms with Crippen molar-refractivity contribution in [2.75, 3.05) is 9.80 Å². The minimum atomic E-state index is 0.859. The van der Waals surface area contributed by atoms with Gasteiger partial charge in [-0.05, 0) is 175 Å². The van der Waals surface area contributed by atoms with Gasteiger partial charge < -0.3 is 27.5 Å². The van der Waals surface area contributed by atoms with Crippen LogP contribution in [-0.2, 0) is 0 Å². The van der Waals surface area contributed by atoms with E-state index in [9.17, 15) is 0 Å². The molecule has 0 fully saturated rings. The molecule has 0 amide bonds. The third-order valence-corrected chi connectivity index (χ3v) is 20.4. The number of furan rings is 4. The molecule has 0 N–H and O–H groups in total. The quantitative estimate of drug-likeness (QED) is 0.136. The predicted molar refractivity (Wildman–Crippen MR) is 426 cm³/mol. The van der Waals surface area contributed by atoms with Crippen molar-refractivity contribution in [1.82, 2.24) is 0 Å². The Morgan fingerprint density at radius 2 is 0.500 bits per heavy atom. The smallest absolute Gasteiger partial charge is 0.159 e. The molecule has 4 heterocycles. The minimum Gasteiger partial charge on any atom is -0.456 e. The molecule has 21 rings (SSSR count). The third kappa shape index (κ3) is 9.87. The average molecular weight is 1310 g/mol. The van der Waals surface area contributed by atoms with Crippen LogP contribution in [0.2, 0.25) is 0 Å². The van der Waals surface area contributed by atoms with Crippen molar-refractivity contribution in [2.45, 2.75) is 0 Å². The molecule has 0 aliphatic carbocycles. The zero-order chi connectivity index (χ0) is 67.2. The molecule has 21 aromatic rings. The summed E-state index contributed by atoms with van der Waals surface area (Å²) in [6, 6.07) is 129. The van der Waals surface area contributed by atoms with Gasteiger partial charge in [-0.15, -0.1) is 0 Å². The van der Waals surface area contributed by atoms with Gasteiger partial charge in [0, 0.05) is 65.5 Å². The van der Waals surface area contributed by atoms with E-state index in [1.807, 2.05) is 48.5 Å². The Labute approximate surface area is 586 Å². The molecule has 4 aromatic heterocycles. The molecule has 0 radical (unpaired) electrons. The van der Waals surface area contributed by atoms with E-state index in [4.69, 9.17) is 17.7 Å². The van der Waals surface area contributed by atoms with E-state index < -0.39 is 0 Å². The van der Waals surface area contributed by atoms with Gasteiger partial charge in [-0.25, -0.2) is 0 Å². The molecule has 6 nitrogen and oxygen atoms in total. The number of anilines is 6. The molecule has 6 heteroatoms. The van der Waals surface area contributed by atoms with E-state index in [1.54, 1.807) is 0 Å². The number of para-hydroxylation sites is 6. The number of benzene rings is 17. The highest BCUT2D eigenvalue weighted by atomic mass is 16.3. The van der Waals surface area contributed by atoms with Crippen molar-refractivity contribution in [2.24, 2.45) is 0 Å². The van der Waals surface area contributed by atoms with Gasteiger partial charge in [0.1, 0.15) is 33.5 Å². The molecule has 0 atom stereocenters. The summed E-state index contributed by atoms with van der Waals surface area (Å²) in [5, 5.41) is 16.2. The first-order chi connectivity index (χ1) is 50.6. The fourth-order valence-electron chi connectivity index (χ4n) is 15.5. The Kier molecular flexibility index (Phi) is 13.8. The topological polar surface area (TPSA) is 59.0 Å². The van der Waals surface area contributed by atoms with Gasteiger partial charge >= 0.3 is 0 Å². The maximum atomic E-state index is 6.67. The van der Waals surface area contributed by atoms with Crippen molar-refractivity contribution in [3.63, 3.8) is 0 Å². The van der Waals surface area contributed by atoms with Crippen LogP contribution < -0.4 is 9.80 Å². The maximum Gasteiger partial charge on any atom is 0.159 e. The molecule has 0 spiro atoms. The van der Waals surface area contributed by atoms with Crippen LogP contribution in [0.25, 0.3) is 165 Å². The first kappa shape index (κ1) is 58.5. The van der Waals surface area contributed by atoms with Crippen molar-refractivity contribution >= 4 is 154 Å². The number of nitrogens with zero attached hydrogens (tertiary/aromatic N) is 2. The molecule has 0 bridgehead atoms. The van der Waals surface area contributed by atoms with E-state index in [0.717, 1.165) is 144 Å². The Balaban J connectivity index is 0.000000137. The van der Waals surface area contributed by atoms with Crippen LogP contribution in [0.1, 0.15) is 0 Å². The molecule has 0 saturated heterocycles. The zero-order valence-electron chi connectivity index (χ0n) is 55.2. The summed E-state index contributed by atoms with van der Waals surface area (Å²) in [6.45, 7) is 0. The molecule has 478 valence electrons. The predicted octanol–water partition coefficient (Wildman–Crippen LogP) is 28.0. The Hall–Kier alpha value is -13.7. The van der Waals surface area contributed by atoms with Gasteiger partial charge in [0.2, 0.25) is 0 Å². The summed E-state index contributed by atoms with van der Waals surface area (Å²) in [5.41, 5.74) is 22.7. The van der Waals surface area contributed by atoms with Crippen LogP contribution in [0.3, 0.4) is 0 Å². The van der Waals surface area contributed by atoms with Gasteiger partial charge in [0.15, 0.2) is 11.2 Å². The Bertz CT molecular complexity index is 6820. The zero-order valence-corrected chi connectivity index (χ0v) is 55.2. The van der Waals surface area contributed by atoms with Gasteiger partial charge in [0.05, 0.1) is 17.1 Å². The van der Waals surface area contributed by atoms with Crippen LogP contribution in [0.15, 0.2) is 382 Å². The normalized spacial score (nSPS) is 11.7. The maximum absolute atomic E-state index is 6.67. The summed E-state index contributed by atoms with van der Waals surface area (Å²) in [7, 11) is 0. The molecular formula is C96H60N2O4. The number of rotatable bonds is 10. The molecule has 17 aromatic carbocycles. The molecular weight excluding hydrogens is 1250 g/mol. The monoisotopic (exact) mass is 1300 g/mol. The van der Waals surface area contributed by atoms with E-state index in [2.05, 4.69) is 325 Å². The van der Waals surface area contributed by atoms with Crippen molar-refractivity contribution in [3.05, 3.63) is 364 Å². The average Bonchev–Trinajstić information content (AvgIpc) is 1.41. The summed E-state index contributed by atoms with van der Waals surface area (Å²) < 4.78 is 25.5. The lowest BCUT2D eigenvalue weighted by molar-refractivity contribution is 0.668. The largest absolute Gasteiger partial charge is 0.456 e. The van der Waals surface area contributed by atoms with E-state index in [0.29, 0.717) is 0 Å². The van der Waals surface area contributed by atoms with Crippen molar-refractivity contribution in [1.29, 1.82) is 0 Å². The number of fused-ring (bicyclic) bond motifs is 15. The Morgan fingerprint density at radius 1 is 0.167 bits per heavy atom. The molecule has 0 unspecified atom stereocenters. The summed E-state index contributed by atoms with van der Waals surface area (Å²) in [5.74, 6) is 0. The van der Waals surface area contributed by atoms with Crippen LogP contribution in [-0.4, -0.2) is 0 Å². The second-order valence-electron chi connectivity index (χ2n) is 26.2. The van der Waals surface area contributed by atoms with E-state index in [-0.39, 0.29) is 0 Å². The van der Waals surface area contributed by atoms with Gasteiger partial charge in [-0.2, -0.15) is 0 Å². The van der Waals surface area contributed by atoms with Crippen LogP contribution in [0.4, 0.5) is 34.1 Å². The standard InChI is InChI=1S/C50H31NO2.C46H29NO2/c1-2-13-36-32(11-1)12-9-18-37(36)33-23-26-35(27-24-33)51(46-20-10-19-43-41-16-5-8-22-48(41)53-50(43)46)45-29-28-38(39-14-3-4-15-40(39)45)34-25-30-49-44(31-34)42-17-6-7-21-47(42)52-49;1-2-11-36-31(9-1)10-7-14-37(36)32-21-26-35(27-22-32)47(42-16-8-15-40-38-12-3-6-18-44(38)49-46(40)42)34-24-19-30(20-25-34)33-23-28-45-41(29-33)39-13-4-5-17-43(39)48-45/h1-31H;1-29H. The highest BCUT2D eigenvalue weighted by Crippen LogP contribution is 2.49. The summed E-state index contributed by atoms with van der Waals surface area (Å²) in [4.78, 5) is 4.66. The number of hydrogen-bond donors (Lipinski definition) is 0. The van der Waals surface area contributed by atoms with Gasteiger partial charge in [-0.1, -0.05) is 261 Å². The lowest BCUT2D eigenvalue weighted by Gasteiger charge is -2.28. The van der Waals surface area contributed by atoms with Crippen LogP contribution >= 0.6 is 0 Å². The minimum absolute atomic E-state index is 0.859. The fraction of sp³-hybridized carbons (Fsp3) is 0. The lowest BCUT2D eigenvalue weighted by Crippen LogP contribution is -2.11. The van der Waals surface area contributed by atoms with E-state index >= 15 is 0 Å². The van der Waals surface area contributed by atoms with Crippen LogP contribution in [0, 0.1) is 0 Å². The summed E-state index contributed by atoms with van der Waals surface area (Å²) in [6.07, 6.45) is 0. The molecule has 0 saturated carbocycles. The SMILES string of the molecule is c1ccc2c(-c3ccc(N(c4ccc(-c5ccc6oc7ccccc7c6c5)c5ccccc45)c4cccc5c4oc4ccccc45)cc3)cccc2c1.c1ccc2c(-c3ccc(N(c4ccc(-c5ccc6oc7ccccc7c6c5)cc4)c4cccc5c4oc4ccccc45)cc3)cccc2c1. The van der Waals surface area contributed by atoms with Gasteiger partial charge in [0.25, 0.3) is 0 Å². The second-order valence-corrected chi connectivity index (χ2v) is 26.2. The first-order valence-corrected chi connectivity index (χ1v) is 34.6. The second kappa shape index (κ2) is 24.1. The first-order valence-electron chi connectivity index (χ1n) is 34.6. The van der Waals surface area contributed by atoms with Gasteiger partial charge in [-0.3, -0.25) is 0 Å². The highest BCUT2D eigenvalue weighted by Gasteiger charge is 2.25. The lowest BCUT2D eigenvalue weighted by atomic mass is 9.95. The Morgan fingerprint density at radius 3 is 1.01 bits per heavy atom. The van der Waals surface area contributed by atoms with Crippen LogP contribution in [0.5, 0.6) is 0 Å². The number of hydrogen-bond acceptors (Lipinski definition) is 6. The van der Waals surface area contributed by atoms with E-state index in [1.165, 1.54) is 54.7 Å². The fourth-order valence-corrected chi connectivity index (χ4v) is 15.5. The highest BCUT2D eigenvalue weighted by molar-refractivity contribution is 6.15. The van der Waals surface area contributed by atoms with Crippen molar-refractivity contribution in [3.8, 4) is 44.5 Å².